The lowest BCUT2D eigenvalue weighted by atomic mass is 9.68. The highest BCUT2D eigenvalue weighted by atomic mass is 35.5. The molecule has 2 atom stereocenters. The molecule has 0 aromatic heterocycles. The monoisotopic (exact) mass is 204 g/mol. The van der Waals surface area contributed by atoms with Crippen LogP contribution >= 0.6 is 11.6 Å². The lowest BCUT2D eigenvalue weighted by Crippen LogP contribution is -2.41. The van der Waals surface area contributed by atoms with Gasteiger partial charge >= 0.3 is 0 Å². The third-order valence-corrected chi connectivity index (χ3v) is 4.72. The van der Waals surface area contributed by atoms with Gasteiger partial charge in [-0.25, -0.2) is 0 Å². The largest absolute Gasteiger partial charge is 0.119 e. The zero-order valence-electron chi connectivity index (χ0n) is 10.1. The summed E-state index contributed by atoms with van der Waals surface area (Å²) in [4.78, 5) is -0.0679. The minimum atomic E-state index is -0.0679. The smallest absolute Gasteiger partial charge is 0.0469 e. The first-order valence-corrected chi connectivity index (χ1v) is 5.86. The Hall–Kier alpha value is 0.290. The maximum Gasteiger partial charge on any atom is 0.0469 e. The average molecular weight is 205 g/mol. The van der Waals surface area contributed by atoms with E-state index in [-0.39, 0.29) is 10.3 Å². The summed E-state index contributed by atoms with van der Waals surface area (Å²) < 4.78 is 0. The van der Waals surface area contributed by atoms with E-state index < -0.39 is 0 Å². The van der Waals surface area contributed by atoms with Crippen LogP contribution in [0.1, 0.15) is 60.8 Å². The molecule has 1 heteroatoms. The van der Waals surface area contributed by atoms with Gasteiger partial charge in [-0.3, -0.25) is 0 Å². The molecule has 0 fully saturated rings. The van der Waals surface area contributed by atoms with Crippen molar-refractivity contribution in [1.29, 1.82) is 0 Å². The highest BCUT2D eigenvalue weighted by molar-refractivity contribution is 6.24. The van der Waals surface area contributed by atoms with E-state index in [1.165, 1.54) is 12.8 Å². The fourth-order valence-corrected chi connectivity index (χ4v) is 1.95. The summed E-state index contributed by atoms with van der Waals surface area (Å²) in [6, 6.07) is 0. The van der Waals surface area contributed by atoms with Crippen LogP contribution in [0.2, 0.25) is 0 Å². The van der Waals surface area contributed by atoms with Crippen LogP contribution in [0.4, 0.5) is 0 Å². The van der Waals surface area contributed by atoms with Gasteiger partial charge in [-0.15, -0.1) is 11.6 Å². The van der Waals surface area contributed by atoms with E-state index in [9.17, 15) is 0 Å². The Kier molecular flexibility index (Phi) is 4.79. The fourth-order valence-electron chi connectivity index (χ4n) is 1.76. The predicted octanol–water partition coefficient (Wildman–Crippen LogP) is 4.86. The molecule has 0 N–H and O–H groups in total. The zero-order valence-corrected chi connectivity index (χ0v) is 10.8. The molecule has 0 spiro atoms. The van der Waals surface area contributed by atoms with Crippen LogP contribution in [-0.2, 0) is 0 Å². The van der Waals surface area contributed by atoms with Gasteiger partial charge in [0.05, 0.1) is 0 Å². The Morgan fingerprint density at radius 1 is 1.15 bits per heavy atom. The molecule has 80 valence electrons. The molecule has 0 aromatic rings. The first-order valence-electron chi connectivity index (χ1n) is 5.48. The summed E-state index contributed by atoms with van der Waals surface area (Å²) in [5.41, 5.74) is 0.222. The Bertz CT molecular complexity index is 147. The SMILES string of the molecule is CCCC(C)C(C)(C)C(C)(Cl)CC. The molecule has 0 aromatic carbocycles. The van der Waals surface area contributed by atoms with Crippen molar-refractivity contribution in [3.63, 3.8) is 0 Å². The summed E-state index contributed by atoms with van der Waals surface area (Å²) in [5, 5.41) is 0. The third kappa shape index (κ3) is 2.87. The van der Waals surface area contributed by atoms with Gasteiger partial charge in [-0.05, 0) is 24.7 Å². The Morgan fingerprint density at radius 3 is 1.92 bits per heavy atom. The van der Waals surface area contributed by atoms with E-state index in [4.69, 9.17) is 11.6 Å². The maximum absolute atomic E-state index is 6.54. The van der Waals surface area contributed by atoms with Crippen LogP contribution in [0.5, 0.6) is 0 Å². The van der Waals surface area contributed by atoms with E-state index in [0.29, 0.717) is 5.92 Å². The molecule has 2 unspecified atom stereocenters. The molecular weight excluding hydrogens is 180 g/mol. The van der Waals surface area contributed by atoms with Crippen LogP contribution in [0.25, 0.3) is 0 Å². The lowest BCUT2D eigenvalue weighted by molar-refractivity contribution is 0.147. The molecule has 0 saturated carbocycles. The Balaban J connectivity index is 4.53. The predicted molar refractivity (Wildman–Crippen MR) is 62.4 cm³/mol. The summed E-state index contributed by atoms with van der Waals surface area (Å²) in [6.45, 7) is 13.5. The van der Waals surface area contributed by atoms with Gasteiger partial charge < -0.3 is 0 Å². The molecule has 0 aliphatic heterocycles. The molecule has 0 saturated heterocycles. The van der Waals surface area contributed by atoms with Crippen LogP contribution in [0.3, 0.4) is 0 Å². The first-order chi connectivity index (χ1) is 5.79. The number of hydrogen-bond acceptors (Lipinski definition) is 0. The second-order valence-electron chi connectivity index (χ2n) is 4.96. The van der Waals surface area contributed by atoms with E-state index in [2.05, 4.69) is 41.5 Å². The zero-order chi connectivity index (χ0) is 10.7. The summed E-state index contributed by atoms with van der Waals surface area (Å²) in [5.74, 6) is 0.694. The van der Waals surface area contributed by atoms with Crippen molar-refractivity contribution in [3.8, 4) is 0 Å². The van der Waals surface area contributed by atoms with Gasteiger partial charge in [-0.1, -0.05) is 47.5 Å². The van der Waals surface area contributed by atoms with Gasteiger partial charge in [0.15, 0.2) is 0 Å². The normalized spacial score (nSPS) is 19.6. The van der Waals surface area contributed by atoms with Crippen molar-refractivity contribution in [1.82, 2.24) is 0 Å². The van der Waals surface area contributed by atoms with Crippen molar-refractivity contribution in [2.45, 2.75) is 65.7 Å². The van der Waals surface area contributed by atoms with Gasteiger partial charge in [0, 0.05) is 4.87 Å². The van der Waals surface area contributed by atoms with Crippen LogP contribution in [0, 0.1) is 11.3 Å². The van der Waals surface area contributed by atoms with Crippen molar-refractivity contribution in [2.75, 3.05) is 0 Å². The lowest BCUT2D eigenvalue weighted by Gasteiger charge is -2.43. The van der Waals surface area contributed by atoms with Crippen LogP contribution in [0.15, 0.2) is 0 Å². The minimum absolute atomic E-state index is 0.0679. The summed E-state index contributed by atoms with van der Waals surface area (Å²) in [7, 11) is 0. The highest BCUT2D eigenvalue weighted by Crippen LogP contribution is 2.46. The maximum atomic E-state index is 6.54. The molecule has 0 heterocycles. The summed E-state index contributed by atoms with van der Waals surface area (Å²) in [6.07, 6.45) is 3.56. The second kappa shape index (κ2) is 4.68. The fraction of sp³-hybridized carbons (Fsp3) is 1.00. The number of alkyl halides is 1. The van der Waals surface area contributed by atoms with Gasteiger partial charge in [0.25, 0.3) is 0 Å². The number of hydrogen-bond donors (Lipinski definition) is 0. The molecular formula is C12H25Cl. The van der Waals surface area contributed by atoms with Crippen LogP contribution < -0.4 is 0 Å². The highest BCUT2D eigenvalue weighted by Gasteiger charge is 2.41. The van der Waals surface area contributed by atoms with Crippen molar-refractivity contribution >= 4 is 11.6 Å². The molecule has 0 nitrogen and oxygen atoms in total. The summed E-state index contributed by atoms with van der Waals surface area (Å²) >= 11 is 6.54. The molecule has 0 radical (unpaired) electrons. The van der Waals surface area contributed by atoms with Crippen molar-refractivity contribution in [2.24, 2.45) is 11.3 Å². The quantitative estimate of drug-likeness (QED) is 0.562. The Labute approximate surface area is 89.1 Å². The number of rotatable bonds is 5. The van der Waals surface area contributed by atoms with E-state index in [1.807, 2.05) is 0 Å². The third-order valence-electron chi connectivity index (χ3n) is 3.96. The molecule has 0 bridgehead atoms. The van der Waals surface area contributed by atoms with Gasteiger partial charge in [0.2, 0.25) is 0 Å². The minimum Gasteiger partial charge on any atom is -0.119 e. The average Bonchev–Trinajstić information content (AvgIpc) is 2.04. The van der Waals surface area contributed by atoms with Gasteiger partial charge in [-0.2, -0.15) is 0 Å². The Morgan fingerprint density at radius 2 is 1.62 bits per heavy atom. The first kappa shape index (κ1) is 13.3. The molecule has 0 aliphatic rings. The van der Waals surface area contributed by atoms with Crippen molar-refractivity contribution in [3.05, 3.63) is 0 Å². The number of halogens is 1. The van der Waals surface area contributed by atoms with E-state index in [0.717, 1.165) is 6.42 Å². The second-order valence-corrected chi connectivity index (χ2v) is 5.80. The molecule has 0 aliphatic carbocycles. The van der Waals surface area contributed by atoms with E-state index >= 15 is 0 Å². The van der Waals surface area contributed by atoms with Crippen molar-refractivity contribution < 1.29 is 0 Å². The molecule has 13 heavy (non-hydrogen) atoms. The van der Waals surface area contributed by atoms with Crippen LogP contribution in [-0.4, -0.2) is 4.87 Å². The molecule has 0 rings (SSSR count). The topological polar surface area (TPSA) is 0 Å². The molecule has 0 amide bonds. The van der Waals surface area contributed by atoms with Gasteiger partial charge in [0.1, 0.15) is 0 Å². The van der Waals surface area contributed by atoms with E-state index in [1.54, 1.807) is 0 Å². The standard InChI is InChI=1S/C12H25Cl/c1-7-9-10(3)11(4,5)12(6,13)8-2/h10H,7-9H2,1-6H3.